The summed E-state index contributed by atoms with van der Waals surface area (Å²) in [6, 6.07) is 14.0. The Kier molecular flexibility index (Phi) is 5.77. The molecule has 2 aromatic carbocycles. The van der Waals surface area contributed by atoms with E-state index in [1.165, 1.54) is 0 Å². The van der Waals surface area contributed by atoms with E-state index in [2.05, 4.69) is 25.5 Å². The summed E-state index contributed by atoms with van der Waals surface area (Å²) in [6.45, 7) is 7.54. The average Bonchev–Trinajstić information content (AvgIpc) is 3.13. The van der Waals surface area contributed by atoms with Crippen LogP contribution in [0.2, 0.25) is 0 Å². The summed E-state index contributed by atoms with van der Waals surface area (Å²) in [5, 5.41) is 0. The van der Waals surface area contributed by atoms with Gasteiger partial charge in [0.15, 0.2) is 0 Å². The van der Waals surface area contributed by atoms with Gasteiger partial charge in [-0.25, -0.2) is 8.42 Å². The van der Waals surface area contributed by atoms with Gasteiger partial charge in [0.25, 0.3) is 10.0 Å². The third-order valence-electron chi connectivity index (χ3n) is 4.58. The van der Waals surface area contributed by atoms with E-state index in [1.54, 1.807) is 30.3 Å². The van der Waals surface area contributed by atoms with E-state index >= 15 is 0 Å². The van der Waals surface area contributed by atoms with Crippen molar-refractivity contribution in [3.63, 3.8) is 0 Å². The van der Waals surface area contributed by atoms with Gasteiger partial charge in [-0.05, 0) is 48.1 Å². The van der Waals surface area contributed by atoms with E-state index in [0.29, 0.717) is 18.0 Å². The Morgan fingerprint density at radius 3 is 2.52 bits per heavy atom. The summed E-state index contributed by atoms with van der Waals surface area (Å²) < 4.78 is 39.2. The molecule has 0 spiro atoms. The molecule has 0 saturated carbocycles. The Balaban J connectivity index is 1.68. The number of ether oxygens (including phenoxy) is 2. The largest absolute Gasteiger partial charge is 0.491 e. The van der Waals surface area contributed by atoms with Gasteiger partial charge in [0.2, 0.25) is 0 Å². The van der Waals surface area contributed by atoms with Crippen molar-refractivity contribution in [2.45, 2.75) is 50.0 Å². The molecule has 1 saturated heterocycles. The minimum absolute atomic E-state index is 0.0234. The first-order valence-corrected chi connectivity index (χ1v) is 10.7. The normalized spacial score (nSPS) is 17.7. The Morgan fingerprint density at radius 1 is 1.15 bits per heavy atom. The van der Waals surface area contributed by atoms with Crippen molar-refractivity contribution in [2.24, 2.45) is 0 Å². The lowest BCUT2D eigenvalue weighted by Gasteiger charge is -2.19. The van der Waals surface area contributed by atoms with Crippen molar-refractivity contribution in [3.8, 4) is 5.75 Å². The van der Waals surface area contributed by atoms with E-state index in [0.717, 1.165) is 25.0 Å². The zero-order valence-corrected chi connectivity index (χ0v) is 16.9. The Morgan fingerprint density at radius 2 is 1.89 bits per heavy atom. The molecule has 2 aromatic rings. The molecule has 1 unspecified atom stereocenters. The summed E-state index contributed by atoms with van der Waals surface area (Å²) in [7, 11) is -3.65. The van der Waals surface area contributed by atoms with Gasteiger partial charge in [-0.15, -0.1) is 0 Å². The van der Waals surface area contributed by atoms with Crippen LogP contribution >= 0.6 is 0 Å². The number of anilines is 1. The highest BCUT2D eigenvalue weighted by atomic mass is 32.2. The number of rotatable bonds is 6. The molecule has 5 nitrogen and oxygen atoms in total. The molecule has 0 aliphatic carbocycles. The van der Waals surface area contributed by atoms with Gasteiger partial charge >= 0.3 is 0 Å². The van der Waals surface area contributed by atoms with Gasteiger partial charge in [-0.3, -0.25) is 4.72 Å². The lowest BCUT2D eigenvalue weighted by molar-refractivity contribution is 0.0680. The minimum atomic E-state index is -3.65. The van der Waals surface area contributed by atoms with E-state index < -0.39 is 10.0 Å². The van der Waals surface area contributed by atoms with Gasteiger partial charge in [0.05, 0.1) is 16.7 Å². The van der Waals surface area contributed by atoms with Crippen molar-refractivity contribution in [2.75, 3.05) is 17.9 Å². The van der Waals surface area contributed by atoms with Crippen LogP contribution in [0.5, 0.6) is 5.75 Å². The second kappa shape index (κ2) is 7.90. The molecule has 1 fully saturated rings. The van der Waals surface area contributed by atoms with Crippen LogP contribution in [0.4, 0.5) is 5.69 Å². The van der Waals surface area contributed by atoms with Crippen molar-refractivity contribution in [1.29, 1.82) is 0 Å². The van der Waals surface area contributed by atoms with Crippen LogP contribution in [-0.2, 0) is 20.2 Å². The maximum absolute atomic E-state index is 12.7. The van der Waals surface area contributed by atoms with Gasteiger partial charge in [-0.2, -0.15) is 0 Å². The fourth-order valence-electron chi connectivity index (χ4n) is 2.96. The van der Waals surface area contributed by atoms with Crippen molar-refractivity contribution in [1.82, 2.24) is 0 Å². The molecule has 3 rings (SSSR count). The van der Waals surface area contributed by atoms with Gasteiger partial charge < -0.3 is 9.47 Å². The zero-order chi connectivity index (χ0) is 19.5. The highest BCUT2D eigenvalue weighted by Crippen LogP contribution is 2.25. The number of hydrogen-bond donors (Lipinski definition) is 1. The first kappa shape index (κ1) is 19.7. The third kappa shape index (κ3) is 5.23. The third-order valence-corrected chi connectivity index (χ3v) is 5.97. The monoisotopic (exact) mass is 389 g/mol. The molecule has 1 atom stereocenters. The first-order valence-electron chi connectivity index (χ1n) is 9.22. The maximum atomic E-state index is 12.7. The van der Waals surface area contributed by atoms with E-state index in [9.17, 15) is 8.42 Å². The molecule has 1 heterocycles. The topological polar surface area (TPSA) is 64.6 Å². The lowest BCUT2D eigenvalue weighted by Crippen LogP contribution is -2.17. The summed E-state index contributed by atoms with van der Waals surface area (Å²) in [6.07, 6.45) is 2.17. The number of nitrogens with one attached hydrogen (secondary N) is 1. The number of sulfonamides is 1. The minimum Gasteiger partial charge on any atom is -0.491 e. The molecule has 0 aromatic heterocycles. The number of benzene rings is 2. The fraction of sp³-hybridized carbons (Fsp3) is 0.429. The summed E-state index contributed by atoms with van der Waals surface area (Å²) in [5.74, 6) is 0.619. The quantitative estimate of drug-likeness (QED) is 0.798. The Labute approximate surface area is 161 Å². The second-order valence-corrected chi connectivity index (χ2v) is 9.54. The highest BCUT2D eigenvalue weighted by Gasteiger charge is 2.19. The predicted molar refractivity (Wildman–Crippen MR) is 107 cm³/mol. The molecule has 1 N–H and O–H groups in total. The van der Waals surface area contributed by atoms with E-state index in [4.69, 9.17) is 9.47 Å². The van der Waals surface area contributed by atoms with Crippen LogP contribution in [-0.4, -0.2) is 27.7 Å². The Hall–Kier alpha value is -2.05. The van der Waals surface area contributed by atoms with E-state index in [-0.39, 0.29) is 16.4 Å². The molecule has 146 valence electrons. The molecule has 27 heavy (non-hydrogen) atoms. The van der Waals surface area contributed by atoms with Crippen LogP contribution < -0.4 is 9.46 Å². The van der Waals surface area contributed by atoms with Crippen molar-refractivity contribution >= 4 is 15.7 Å². The first-order chi connectivity index (χ1) is 12.7. The molecule has 0 bridgehead atoms. The molecule has 1 aliphatic rings. The van der Waals surface area contributed by atoms with Crippen LogP contribution in [0, 0.1) is 0 Å². The summed E-state index contributed by atoms with van der Waals surface area (Å²) >= 11 is 0. The number of hydrogen-bond acceptors (Lipinski definition) is 4. The van der Waals surface area contributed by atoms with Gasteiger partial charge in [0.1, 0.15) is 12.4 Å². The fourth-order valence-corrected chi connectivity index (χ4v) is 4.01. The highest BCUT2D eigenvalue weighted by molar-refractivity contribution is 7.92. The van der Waals surface area contributed by atoms with Crippen LogP contribution in [0.1, 0.15) is 39.2 Å². The summed E-state index contributed by atoms with van der Waals surface area (Å²) in [4.78, 5) is 0.237. The van der Waals surface area contributed by atoms with Crippen LogP contribution in [0.25, 0.3) is 0 Å². The zero-order valence-electron chi connectivity index (χ0n) is 16.1. The van der Waals surface area contributed by atoms with Crippen LogP contribution in [0.15, 0.2) is 53.4 Å². The van der Waals surface area contributed by atoms with E-state index in [1.807, 2.05) is 18.2 Å². The smallest absolute Gasteiger partial charge is 0.261 e. The van der Waals surface area contributed by atoms with Crippen molar-refractivity contribution < 1.29 is 17.9 Å². The van der Waals surface area contributed by atoms with Gasteiger partial charge in [0, 0.05) is 12.7 Å². The molecule has 0 amide bonds. The second-order valence-electron chi connectivity index (χ2n) is 7.85. The van der Waals surface area contributed by atoms with Crippen LogP contribution in [0.3, 0.4) is 0 Å². The lowest BCUT2D eigenvalue weighted by atomic mass is 9.87. The average molecular weight is 390 g/mol. The summed E-state index contributed by atoms with van der Waals surface area (Å²) in [5.41, 5.74) is 1.54. The molecular weight excluding hydrogens is 362 g/mol. The van der Waals surface area contributed by atoms with Crippen molar-refractivity contribution in [3.05, 3.63) is 54.1 Å². The predicted octanol–water partition coefficient (Wildman–Crippen LogP) is 4.34. The standard InChI is InChI=1S/C21H27NO4S/c1-21(2,3)16-9-11-20(12-10-16)27(23,24)22-17-6-4-7-18(14-17)26-15-19-8-5-13-25-19/h4,6-7,9-12,14,19,22H,5,8,13,15H2,1-3H3. The Bertz CT molecular complexity index is 864. The molecule has 0 radical (unpaired) electrons. The maximum Gasteiger partial charge on any atom is 0.261 e. The molecular formula is C21H27NO4S. The van der Waals surface area contributed by atoms with Gasteiger partial charge in [-0.1, -0.05) is 39.0 Å². The SMILES string of the molecule is CC(C)(C)c1ccc(S(=O)(=O)Nc2cccc(OCC3CCCO3)c2)cc1. The molecule has 6 heteroatoms. The molecule has 1 aliphatic heterocycles.